The Bertz CT molecular complexity index is 708. The maximum atomic E-state index is 12.5. The Labute approximate surface area is 138 Å². The number of nitrogens with zero attached hydrogens (tertiary/aromatic N) is 2. The number of hydrogen-bond donors (Lipinski definition) is 1. The molecule has 0 aliphatic rings. The first-order chi connectivity index (χ1) is 10.6. The molecule has 120 valence electrons. The normalized spacial score (nSPS) is 12.5. The highest BCUT2D eigenvalue weighted by atomic mass is 32.2. The highest BCUT2D eigenvalue weighted by Gasteiger charge is 2.14. The first-order valence-corrected chi connectivity index (χ1v) is 9.33. The summed E-state index contributed by atoms with van der Waals surface area (Å²) in [4.78, 5) is 28.9. The van der Waals surface area contributed by atoms with Gasteiger partial charge in [0.2, 0.25) is 5.91 Å². The Morgan fingerprint density at radius 2 is 2.27 bits per heavy atom. The molecule has 1 atom stereocenters. The zero-order valence-electron chi connectivity index (χ0n) is 13.1. The lowest BCUT2D eigenvalue weighted by molar-refractivity contribution is -0.119. The van der Waals surface area contributed by atoms with Crippen molar-refractivity contribution < 1.29 is 4.79 Å². The van der Waals surface area contributed by atoms with Gasteiger partial charge in [-0.3, -0.25) is 14.2 Å². The van der Waals surface area contributed by atoms with E-state index in [2.05, 4.69) is 10.3 Å². The Hall–Kier alpha value is -1.34. The van der Waals surface area contributed by atoms with Crippen LogP contribution in [0.5, 0.6) is 0 Å². The van der Waals surface area contributed by atoms with E-state index in [9.17, 15) is 9.59 Å². The summed E-state index contributed by atoms with van der Waals surface area (Å²) in [6.07, 6.45) is 1.75. The molecule has 7 heteroatoms. The van der Waals surface area contributed by atoms with Crippen LogP contribution in [-0.2, 0) is 11.3 Å². The summed E-state index contributed by atoms with van der Waals surface area (Å²) in [5.74, 6) is 0.248. The Kier molecular flexibility index (Phi) is 6.02. The molecule has 0 aliphatic heterocycles. The molecule has 0 aromatic carbocycles. The fourth-order valence-electron chi connectivity index (χ4n) is 2.00. The van der Waals surface area contributed by atoms with E-state index in [-0.39, 0.29) is 23.3 Å². The molecule has 0 bridgehead atoms. The first-order valence-electron chi connectivity index (χ1n) is 7.47. The van der Waals surface area contributed by atoms with Crippen LogP contribution in [0, 0.1) is 0 Å². The van der Waals surface area contributed by atoms with Gasteiger partial charge in [0.25, 0.3) is 5.56 Å². The van der Waals surface area contributed by atoms with Crippen molar-refractivity contribution >= 4 is 39.2 Å². The third kappa shape index (κ3) is 3.89. The molecule has 2 aromatic rings. The third-order valence-corrected chi connectivity index (χ3v) is 5.20. The summed E-state index contributed by atoms with van der Waals surface area (Å²) >= 11 is 2.74. The van der Waals surface area contributed by atoms with Crippen LogP contribution in [0.4, 0.5) is 0 Å². The molecule has 1 amide bonds. The second-order valence-electron chi connectivity index (χ2n) is 5.15. The van der Waals surface area contributed by atoms with Crippen molar-refractivity contribution in [3.8, 4) is 0 Å². The Morgan fingerprint density at radius 3 is 2.95 bits per heavy atom. The second-order valence-corrected chi connectivity index (χ2v) is 7.01. The van der Waals surface area contributed by atoms with Crippen LogP contribution < -0.4 is 10.9 Å². The van der Waals surface area contributed by atoms with Crippen molar-refractivity contribution in [2.24, 2.45) is 0 Å². The van der Waals surface area contributed by atoms with Gasteiger partial charge in [0.05, 0.1) is 11.3 Å². The number of thiophene rings is 1. The molecule has 0 unspecified atom stereocenters. The van der Waals surface area contributed by atoms with E-state index in [4.69, 9.17) is 0 Å². The molecular formula is C15H21N3O2S2. The predicted molar refractivity (Wildman–Crippen MR) is 92.8 cm³/mol. The van der Waals surface area contributed by atoms with Crippen LogP contribution in [0.25, 0.3) is 10.2 Å². The summed E-state index contributed by atoms with van der Waals surface area (Å²) in [6.45, 7) is 6.65. The smallest absolute Gasteiger partial charge is 0.272 e. The minimum atomic E-state index is -0.0259. The number of rotatable bonds is 7. The van der Waals surface area contributed by atoms with Gasteiger partial charge in [-0.05, 0) is 31.2 Å². The summed E-state index contributed by atoms with van der Waals surface area (Å²) in [6, 6.07) is 2.01. The van der Waals surface area contributed by atoms with Crippen LogP contribution in [0.15, 0.2) is 21.4 Å². The van der Waals surface area contributed by atoms with Crippen LogP contribution >= 0.6 is 23.1 Å². The number of carbonyl (C=O) groups excluding carboxylic acids is 1. The molecular weight excluding hydrogens is 318 g/mol. The van der Waals surface area contributed by atoms with Gasteiger partial charge in [-0.1, -0.05) is 25.6 Å². The van der Waals surface area contributed by atoms with Gasteiger partial charge in [0.1, 0.15) is 4.70 Å². The summed E-state index contributed by atoms with van der Waals surface area (Å²) in [5.41, 5.74) is 0.707. The van der Waals surface area contributed by atoms with E-state index >= 15 is 0 Å². The molecule has 0 radical (unpaired) electrons. The van der Waals surface area contributed by atoms with Gasteiger partial charge in [0.15, 0.2) is 5.16 Å². The molecule has 5 nitrogen and oxygen atoms in total. The van der Waals surface area contributed by atoms with Crippen LogP contribution in [0.2, 0.25) is 0 Å². The lowest BCUT2D eigenvalue weighted by atomic mass is 10.3. The molecule has 1 N–H and O–H groups in total. The van der Waals surface area contributed by atoms with Crippen molar-refractivity contribution in [3.05, 3.63) is 21.8 Å². The number of thioether (sulfide) groups is 1. The zero-order valence-corrected chi connectivity index (χ0v) is 14.7. The lowest BCUT2D eigenvalue weighted by Gasteiger charge is -2.13. The Morgan fingerprint density at radius 1 is 1.50 bits per heavy atom. The minimum absolute atomic E-state index is 0.00770. The third-order valence-electron chi connectivity index (χ3n) is 3.33. The zero-order chi connectivity index (χ0) is 16.1. The van der Waals surface area contributed by atoms with E-state index in [1.165, 1.54) is 23.1 Å². The van der Waals surface area contributed by atoms with Gasteiger partial charge < -0.3 is 5.32 Å². The molecule has 0 spiro atoms. The average Bonchev–Trinajstić information content (AvgIpc) is 2.97. The van der Waals surface area contributed by atoms with Crippen molar-refractivity contribution in [2.45, 2.75) is 51.4 Å². The fraction of sp³-hybridized carbons (Fsp3) is 0.533. The van der Waals surface area contributed by atoms with Gasteiger partial charge in [0, 0.05) is 12.6 Å². The molecule has 0 saturated heterocycles. The van der Waals surface area contributed by atoms with Crippen molar-refractivity contribution in [1.82, 2.24) is 14.9 Å². The summed E-state index contributed by atoms with van der Waals surface area (Å²) in [5, 5.41) is 5.42. The number of aromatic nitrogens is 2. The number of fused-ring (bicyclic) bond motifs is 1. The predicted octanol–water partition coefficient (Wildman–Crippen LogP) is 2.87. The van der Waals surface area contributed by atoms with Crippen molar-refractivity contribution in [3.63, 3.8) is 0 Å². The monoisotopic (exact) mass is 339 g/mol. The fourth-order valence-corrected chi connectivity index (χ4v) is 3.62. The van der Waals surface area contributed by atoms with Crippen molar-refractivity contribution in [2.75, 3.05) is 5.75 Å². The van der Waals surface area contributed by atoms with Crippen molar-refractivity contribution in [1.29, 1.82) is 0 Å². The SMILES string of the molecule is CCCn1c(SCC(=O)N[C@@H](C)CC)nc2ccsc2c1=O. The minimum Gasteiger partial charge on any atom is -0.353 e. The topological polar surface area (TPSA) is 64.0 Å². The lowest BCUT2D eigenvalue weighted by Crippen LogP contribution is -2.33. The number of hydrogen-bond acceptors (Lipinski definition) is 5. The van der Waals surface area contributed by atoms with Gasteiger partial charge in [-0.2, -0.15) is 0 Å². The first kappa shape index (κ1) is 17.0. The van der Waals surface area contributed by atoms with E-state index in [0.717, 1.165) is 12.8 Å². The number of carbonyl (C=O) groups is 1. The molecule has 2 heterocycles. The second kappa shape index (κ2) is 7.78. The van der Waals surface area contributed by atoms with E-state index in [1.54, 1.807) is 4.57 Å². The molecule has 2 rings (SSSR count). The van der Waals surface area contributed by atoms with E-state index in [0.29, 0.717) is 21.9 Å². The van der Waals surface area contributed by atoms with Gasteiger partial charge in [-0.25, -0.2) is 4.98 Å². The molecule has 22 heavy (non-hydrogen) atoms. The van der Waals surface area contributed by atoms with Gasteiger partial charge in [-0.15, -0.1) is 11.3 Å². The van der Waals surface area contributed by atoms with Crippen LogP contribution in [0.3, 0.4) is 0 Å². The molecule has 0 saturated carbocycles. The standard InChI is InChI=1S/C15H21N3O2S2/c1-4-7-18-14(20)13-11(6-8-21-13)17-15(18)22-9-12(19)16-10(3)5-2/h6,8,10H,4-5,7,9H2,1-3H3,(H,16,19)/t10-/m0/s1. The number of nitrogens with one attached hydrogen (secondary N) is 1. The van der Waals surface area contributed by atoms with Crippen LogP contribution in [0.1, 0.15) is 33.6 Å². The summed E-state index contributed by atoms with van der Waals surface area (Å²) < 4.78 is 2.36. The van der Waals surface area contributed by atoms with E-state index < -0.39 is 0 Å². The quantitative estimate of drug-likeness (QED) is 0.622. The molecule has 0 fully saturated rings. The molecule has 2 aromatic heterocycles. The van der Waals surface area contributed by atoms with Gasteiger partial charge >= 0.3 is 0 Å². The average molecular weight is 339 g/mol. The molecule has 0 aliphatic carbocycles. The number of amides is 1. The largest absolute Gasteiger partial charge is 0.353 e. The van der Waals surface area contributed by atoms with E-state index in [1.807, 2.05) is 32.2 Å². The Balaban J connectivity index is 2.20. The highest BCUT2D eigenvalue weighted by molar-refractivity contribution is 7.99. The van der Waals surface area contributed by atoms with Crippen LogP contribution in [-0.4, -0.2) is 27.3 Å². The highest BCUT2D eigenvalue weighted by Crippen LogP contribution is 2.21. The maximum absolute atomic E-state index is 12.5. The summed E-state index contributed by atoms with van der Waals surface area (Å²) in [7, 11) is 0. The maximum Gasteiger partial charge on any atom is 0.272 e.